The summed E-state index contributed by atoms with van der Waals surface area (Å²) in [6, 6.07) is -1.23. The monoisotopic (exact) mass is 299 g/mol. The van der Waals surface area contributed by atoms with Crippen LogP contribution >= 0.6 is 0 Å². The van der Waals surface area contributed by atoms with Gasteiger partial charge in [-0.05, 0) is 22.0 Å². The number of nitrogens with zero attached hydrogens (tertiary/aromatic N) is 10. The van der Waals surface area contributed by atoms with Gasteiger partial charge in [0.1, 0.15) is 0 Å². The van der Waals surface area contributed by atoms with E-state index in [2.05, 4.69) is 35.5 Å². The Labute approximate surface area is 115 Å². The smallest absolute Gasteiger partial charge is 0.268 e. The lowest BCUT2D eigenvalue weighted by atomic mass is 10.0. The maximum absolute atomic E-state index is 11.1. The Hall–Kier alpha value is -3.44. The number of azide groups is 3. The molecule has 0 unspecified atom stereocenters. The molecule has 0 aliphatic carbocycles. The van der Waals surface area contributed by atoms with E-state index in [1.165, 1.54) is 5.43 Å². The molecule has 16 heteroatoms. The molecule has 0 atom stereocenters. The lowest BCUT2D eigenvalue weighted by Crippen LogP contribution is -2.61. The fourth-order valence-corrected chi connectivity index (χ4v) is 1.07. The predicted octanol–water partition coefficient (Wildman–Crippen LogP) is 0.652. The summed E-state index contributed by atoms with van der Waals surface area (Å²) in [7, 11) is 0. The van der Waals surface area contributed by atoms with E-state index in [1.807, 2.05) is 5.43 Å². The molecule has 16 nitrogen and oxygen atoms in total. The van der Waals surface area contributed by atoms with Crippen LogP contribution in [0.5, 0.6) is 0 Å². The summed E-state index contributed by atoms with van der Waals surface area (Å²) in [5.41, 5.74) is 29.0. The van der Waals surface area contributed by atoms with Crippen molar-refractivity contribution in [3.05, 3.63) is 41.4 Å². The molecule has 112 valence electrons. The van der Waals surface area contributed by atoms with E-state index in [1.54, 1.807) is 0 Å². The lowest BCUT2D eigenvalue weighted by Gasteiger charge is -2.30. The number of carbonyl (C=O) groups excluding carboxylic acids is 1. The molecule has 0 fully saturated rings. The third-order valence-corrected chi connectivity index (χ3v) is 1.94. The van der Waals surface area contributed by atoms with E-state index in [-0.39, 0.29) is 19.6 Å². The second-order valence-electron chi connectivity index (χ2n) is 3.40. The van der Waals surface area contributed by atoms with Gasteiger partial charge in [-0.3, -0.25) is 5.43 Å². The first-order chi connectivity index (χ1) is 9.99. The summed E-state index contributed by atoms with van der Waals surface area (Å²) < 4.78 is 0. The maximum Gasteiger partial charge on any atom is 0.386 e. The molecule has 0 saturated heterocycles. The van der Waals surface area contributed by atoms with E-state index >= 15 is 0 Å². The highest BCUT2D eigenvalue weighted by atomic mass is 16.7. The number of nitro groups is 1. The van der Waals surface area contributed by atoms with Crippen LogP contribution in [0, 0.1) is 10.1 Å². The first-order valence-electron chi connectivity index (χ1n) is 5.00. The molecule has 0 saturated carbocycles. The SMILES string of the molecule is [N-]=[N+]=NCC(CN=[N+]=[N-])(CN=[N+]=[N-])NNC(=O)N[N+](=O)[O-]. The van der Waals surface area contributed by atoms with Gasteiger partial charge in [0, 0.05) is 34.4 Å². The van der Waals surface area contributed by atoms with Crippen LogP contribution in [-0.2, 0) is 0 Å². The quantitative estimate of drug-likeness (QED) is 0.182. The first-order valence-corrected chi connectivity index (χ1v) is 5.00. The minimum absolute atomic E-state index is 0.361. The molecule has 0 radical (unpaired) electrons. The Morgan fingerprint density at radius 3 is 1.86 bits per heavy atom. The molecule has 0 spiro atoms. The summed E-state index contributed by atoms with van der Waals surface area (Å²) in [5, 5.41) is 18.7. The molecule has 0 rings (SSSR count). The van der Waals surface area contributed by atoms with E-state index in [0.717, 1.165) is 0 Å². The number of urea groups is 1. The Balaban J connectivity index is 5.06. The Bertz CT molecular complexity index is 474. The van der Waals surface area contributed by atoms with Crippen molar-refractivity contribution in [2.24, 2.45) is 15.3 Å². The van der Waals surface area contributed by atoms with E-state index < -0.39 is 16.6 Å². The average molecular weight is 299 g/mol. The van der Waals surface area contributed by atoms with Crippen LogP contribution in [0.2, 0.25) is 0 Å². The molecule has 0 aromatic heterocycles. The second kappa shape index (κ2) is 9.48. The van der Waals surface area contributed by atoms with E-state index in [9.17, 15) is 14.9 Å². The van der Waals surface area contributed by atoms with Gasteiger partial charge in [0.15, 0.2) is 5.03 Å². The zero-order valence-electron chi connectivity index (χ0n) is 10.3. The summed E-state index contributed by atoms with van der Waals surface area (Å²) in [6.45, 7) is -1.08. The molecule has 0 aromatic carbocycles. The Morgan fingerprint density at radius 2 is 1.52 bits per heavy atom. The van der Waals surface area contributed by atoms with Crippen LogP contribution < -0.4 is 16.3 Å². The van der Waals surface area contributed by atoms with Gasteiger partial charge in [-0.1, -0.05) is 15.3 Å². The molecule has 0 aliphatic heterocycles. The number of nitrogens with one attached hydrogen (secondary N) is 3. The minimum Gasteiger partial charge on any atom is -0.268 e. The van der Waals surface area contributed by atoms with Crippen LogP contribution in [0.25, 0.3) is 31.3 Å². The number of hydrogen-bond acceptors (Lipinski definition) is 7. The van der Waals surface area contributed by atoms with Crippen molar-refractivity contribution in [2.75, 3.05) is 19.6 Å². The molecule has 2 amide bonds. The lowest BCUT2D eigenvalue weighted by molar-refractivity contribution is -0.527. The molecule has 3 N–H and O–H groups in total. The number of rotatable bonds is 9. The highest BCUT2D eigenvalue weighted by Gasteiger charge is 2.29. The van der Waals surface area contributed by atoms with Crippen molar-refractivity contribution in [3.63, 3.8) is 0 Å². The van der Waals surface area contributed by atoms with Crippen molar-refractivity contribution in [1.82, 2.24) is 16.3 Å². The Morgan fingerprint density at radius 1 is 1.10 bits per heavy atom. The van der Waals surface area contributed by atoms with Gasteiger partial charge >= 0.3 is 6.03 Å². The molecule has 0 heterocycles. The highest BCUT2D eigenvalue weighted by molar-refractivity contribution is 5.71. The van der Waals surface area contributed by atoms with Crippen molar-refractivity contribution in [1.29, 1.82) is 0 Å². The standard InChI is InChI=1S/C5H9N13O3/c6-15-9-1-5(2-10-16-7,3-11-17-8)14-12-4(19)13-18(20)21/h14H,1-3H2,(H2,12,13,19). The van der Waals surface area contributed by atoms with Crippen LogP contribution in [0.1, 0.15) is 0 Å². The van der Waals surface area contributed by atoms with E-state index in [4.69, 9.17) is 16.6 Å². The predicted molar refractivity (Wildman–Crippen MR) is 66.6 cm³/mol. The maximum atomic E-state index is 11.1. The van der Waals surface area contributed by atoms with Crippen molar-refractivity contribution in [3.8, 4) is 0 Å². The van der Waals surface area contributed by atoms with Gasteiger partial charge in [0.05, 0.1) is 5.54 Å². The van der Waals surface area contributed by atoms with E-state index in [0.29, 0.717) is 0 Å². The van der Waals surface area contributed by atoms with Gasteiger partial charge < -0.3 is 0 Å². The third-order valence-electron chi connectivity index (χ3n) is 1.94. The number of amides is 2. The molecule has 21 heavy (non-hydrogen) atoms. The van der Waals surface area contributed by atoms with Gasteiger partial charge in [-0.2, -0.15) is 0 Å². The molecular formula is C5H9N13O3. The van der Waals surface area contributed by atoms with Crippen LogP contribution in [-0.4, -0.2) is 36.2 Å². The summed E-state index contributed by atoms with van der Waals surface area (Å²) >= 11 is 0. The summed E-state index contributed by atoms with van der Waals surface area (Å²) in [5.74, 6) is 0. The largest absolute Gasteiger partial charge is 0.386 e. The van der Waals surface area contributed by atoms with Crippen molar-refractivity contribution in [2.45, 2.75) is 5.54 Å². The summed E-state index contributed by atoms with van der Waals surface area (Å²) in [4.78, 5) is 28.6. The average Bonchev–Trinajstić information content (AvgIpc) is 2.45. The van der Waals surface area contributed by atoms with Gasteiger partial charge in [-0.25, -0.2) is 20.3 Å². The normalized spacial score (nSPS) is 11.6. The van der Waals surface area contributed by atoms with Gasteiger partial charge in [0.25, 0.3) is 0 Å². The molecule has 0 aliphatic rings. The van der Waals surface area contributed by atoms with Crippen LogP contribution in [0.3, 0.4) is 0 Å². The fourth-order valence-electron chi connectivity index (χ4n) is 1.07. The van der Waals surface area contributed by atoms with Crippen LogP contribution in [0.4, 0.5) is 4.79 Å². The topological polar surface area (TPSA) is 243 Å². The number of hydrazine groups is 2. The molecule has 0 bridgehead atoms. The van der Waals surface area contributed by atoms with Gasteiger partial charge in [-0.15, -0.1) is 0 Å². The fraction of sp³-hybridized carbons (Fsp3) is 0.800. The van der Waals surface area contributed by atoms with Gasteiger partial charge in [0.2, 0.25) is 0 Å². The zero-order valence-corrected chi connectivity index (χ0v) is 10.3. The molecular weight excluding hydrogens is 290 g/mol. The minimum atomic E-state index is -1.43. The zero-order chi connectivity index (χ0) is 16.1. The third kappa shape index (κ3) is 7.55. The summed E-state index contributed by atoms with van der Waals surface area (Å²) in [6.07, 6.45) is 0. The van der Waals surface area contributed by atoms with Crippen molar-refractivity contribution >= 4 is 6.03 Å². The number of carbonyl (C=O) groups is 1. The second-order valence-corrected chi connectivity index (χ2v) is 3.40. The Kier molecular flexibility index (Phi) is 7.93. The number of hydrogen-bond donors (Lipinski definition) is 3. The first kappa shape index (κ1) is 17.6. The van der Waals surface area contributed by atoms with Crippen LogP contribution in [0.15, 0.2) is 15.3 Å². The molecule has 0 aromatic rings. The van der Waals surface area contributed by atoms with Crippen molar-refractivity contribution < 1.29 is 9.83 Å². The highest BCUT2D eigenvalue weighted by Crippen LogP contribution is 2.08.